The number of hydrogen-bond acceptors (Lipinski definition) is 6. The molecule has 2 aromatic heterocycles. The van der Waals surface area contributed by atoms with Gasteiger partial charge in [0, 0.05) is 18.8 Å². The Morgan fingerprint density at radius 3 is 2.78 bits per heavy atom. The molecular weight excluding hydrogens is 349 g/mol. The number of halogens is 1. The maximum Gasteiger partial charge on any atom is 0.229 e. The fraction of sp³-hybridized carbons (Fsp3) is 0.278. The standard InChI is InChI=1S/C18H18FN7O/c19-14-4-1-5-15(9-14)22-18(27)13-3-2-8-25(10-13)16-6-7-17(24-23-16)26-12-20-11-21-26/h1,4-7,9,11-13H,2-3,8,10H2,(H,22,27). The first-order valence-corrected chi connectivity index (χ1v) is 8.69. The third-order valence-corrected chi connectivity index (χ3v) is 4.50. The lowest BCUT2D eigenvalue weighted by Gasteiger charge is -2.32. The second kappa shape index (κ2) is 7.48. The second-order valence-electron chi connectivity index (χ2n) is 6.37. The van der Waals surface area contributed by atoms with Gasteiger partial charge in [-0.3, -0.25) is 4.79 Å². The predicted molar refractivity (Wildman–Crippen MR) is 96.9 cm³/mol. The number of carbonyl (C=O) groups is 1. The van der Waals surface area contributed by atoms with Gasteiger partial charge in [0.1, 0.15) is 18.5 Å². The van der Waals surface area contributed by atoms with Crippen LogP contribution in [0.3, 0.4) is 0 Å². The van der Waals surface area contributed by atoms with E-state index in [4.69, 9.17) is 0 Å². The molecular formula is C18H18FN7O. The quantitative estimate of drug-likeness (QED) is 0.759. The molecule has 27 heavy (non-hydrogen) atoms. The summed E-state index contributed by atoms with van der Waals surface area (Å²) in [5.41, 5.74) is 0.467. The van der Waals surface area contributed by atoms with Crippen LogP contribution in [0.5, 0.6) is 0 Å². The fourth-order valence-corrected chi connectivity index (χ4v) is 3.15. The molecule has 3 heterocycles. The number of carbonyl (C=O) groups excluding carboxylic acids is 1. The van der Waals surface area contributed by atoms with Crippen molar-refractivity contribution in [3.05, 3.63) is 54.9 Å². The molecule has 4 rings (SSSR count). The summed E-state index contributed by atoms with van der Waals surface area (Å²) in [6, 6.07) is 9.58. The summed E-state index contributed by atoms with van der Waals surface area (Å²) in [7, 11) is 0. The first kappa shape index (κ1) is 17.1. The van der Waals surface area contributed by atoms with E-state index in [-0.39, 0.29) is 17.6 Å². The van der Waals surface area contributed by atoms with Gasteiger partial charge in [0.25, 0.3) is 0 Å². The maximum atomic E-state index is 13.3. The van der Waals surface area contributed by atoms with Crippen LogP contribution in [0.2, 0.25) is 0 Å². The van der Waals surface area contributed by atoms with Gasteiger partial charge in [0.2, 0.25) is 5.91 Å². The van der Waals surface area contributed by atoms with Crippen LogP contribution in [0.25, 0.3) is 5.82 Å². The highest BCUT2D eigenvalue weighted by Gasteiger charge is 2.27. The number of piperidine rings is 1. The highest BCUT2D eigenvalue weighted by molar-refractivity contribution is 5.93. The highest BCUT2D eigenvalue weighted by atomic mass is 19.1. The van der Waals surface area contributed by atoms with Crippen molar-refractivity contribution in [2.45, 2.75) is 12.8 Å². The van der Waals surface area contributed by atoms with E-state index in [1.165, 1.54) is 23.1 Å². The molecule has 138 valence electrons. The normalized spacial score (nSPS) is 16.9. The average Bonchev–Trinajstić information content (AvgIpc) is 3.23. The molecule has 0 saturated carbocycles. The van der Waals surface area contributed by atoms with Crippen LogP contribution < -0.4 is 10.2 Å². The summed E-state index contributed by atoms with van der Waals surface area (Å²) >= 11 is 0. The number of nitrogens with one attached hydrogen (secondary N) is 1. The zero-order chi connectivity index (χ0) is 18.6. The minimum Gasteiger partial charge on any atom is -0.354 e. The van der Waals surface area contributed by atoms with E-state index < -0.39 is 0 Å². The molecule has 1 saturated heterocycles. The molecule has 1 aliphatic rings. The van der Waals surface area contributed by atoms with E-state index in [0.717, 1.165) is 19.4 Å². The number of nitrogens with zero attached hydrogens (tertiary/aromatic N) is 6. The van der Waals surface area contributed by atoms with Crippen molar-refractivity contribution in [2.75, 3.05) is 23.3 Å². The first-order valence-electron chi connectivity index (χ1n) is 8.69. The van der Waals surface area contributed by atoms with Gasteiger partial charge < -0.3 is 10.2 Å². The third-order valence-electron chi connectivity index (χ3n) is 4.50. The Bertz CT molecular complexity index is 914. The largest absolute Gasteiger partial charge is 0.354 e. The van der Waals surface area contributed by atoms with Crippen molar-refractivity contribution in [3.63, 3.8) is 0 Å². The van der Waals surface area contributed by atoms with Gasteiger partial charge in [0.15, 0.2) is 11.6 Å². The van der Waals surface area contributed by atoms with Gasteiger partial charge in [-0.15, -0.1) is 10.2 Å². The van der Waals surface area contributed by atoms with E-state index >= 15 is 0 Å². The molecule has 0 spiro atoms. The van der Waals surface area contributed by atoms with Crippen LogP contribution in [-0.2, 0) is 4.79 Å². The fourth-order valence-electron chi connectivity index (χ4n) is 3.15. The molecule has 1 atom stereocenters. The Balaban J connectivity index is 1.42. The van der Waals surface area contributed by atoms with E-state index in [0.29, 0.717) is 23.9 Å². The van der Waals surface area contributed by atoms with Crippen LogP contribution in [0.1, 0.15) is 12.8 Å². The Morgan fingerprint density at radius 2 is 2.04 bits per heavy atom. The Hall–Kier alpha value is -3.36. The van der Waals surface area contributed by atoms with Gasteiger partial charge in [-0.1, -0.05) is 6.07 Å². The van der Waals surface area contributed by atoms with Crippen molar-refractivity contribution < 1.29 is 9.18 Å². The summed E-state index contributed by atoms with van der Waals surface area (Å²) < 4.78 is 14.8. The molecule has 1 unspecified atom stereocenters. The van der Waals surface area contributed by atoms with Gasteiger partial charge in [-0.25, -0.2) is 14.1 Å². The monoisotopic (exact) mass is 367 g/mol. The molecule has 0 bridgehead atoms. The zero-order valence-corrected chi connectivity index (χ0v) is 14.5. The predicted octanol–water partition coefficient (Wildman–Crippen LogP) is 2.05. The molecule has 1 N–H and O–H groups in total. The molecule has 0 radical (unpaired) electrons. The molecule has 1 aliphatic heterocycles. The summed E-state index contributed by atoms with van der Waals surface area (Å²) in [4.78, 5) is 18.5. The average molecular weight is 367 g/mol. The highest BCUT2D eigenvalue weighted by Crippen LogP contribution is 2.23. The summed E-state index contributed by atoms with van der Waals surface area (Å²) in [5, 5.41) is 15.2. The number of anilines is 2. The lowest BCUT2D eigenvalue weighted by Crippen LogP contribution is -2.41. The van der Waals surface area contributed by atoms with Gasteiger partial charge >= 0.3 is 0 Å². The lowest BCUT2D eigenvalue weighted by atomic mass is 9.97. The van der Waals surface area contributed by atoms with Crippen LogP contribution in [-0.4, -0.2) is 44.0 Å². The molecule has 1 amide bonds. The van der Waals surface area contributed by atoms with Crippen molar-refractivity contribution in [1.82, 2.24) is 25.0 Å². The zero-order valence-electron chi connectivity index (χ0n) is 14.5. The Labute approximate surface area is 155 Å². The lowest BCUT2D eigenvalue weighted by molar-refractivity contribution is -0.120. The van der Waals surface area contributed by atoms with E-state index in [1.807, 2.05) is 17.0 Å². The second-order valence-corrected chi connectivity index (χ2v) is 6.37. The van der Waals surface area contributed by atoms with Gasteiger partial charge in [0.05, 0.1) is 5.92 Å². The molecule has 1 aromatic carbocycles. The van der Waals surface area contributed by atoms with Crippen LogP contribution in [0, 0.1) is 11.7 Å². The molecule has 3 aromatic rings. The van der Waals surface area contributed by atoms with Gasteiger partial charge in [-0.2, -0.15) is 5.10 Å². The number of amides is 1. The van der Waals surface area contributed by atoms with Crippen molar-refractivity contribution in [3.8, 4) is 5.82 Å². The van der Waals surface area contributed by atoms with Crippen molar-refractivity contribution in [2.24, 2.45) is 5.92 Å². The Morgan fingerprint density at radius 1 is 1.19 bits per heavy atom. The molecule has 0 aliphatic carbocycles. The van der Waals surface area contributed by atoms with Crippen LogP contribution >= 0.6 is 0 Å². The van der Waals surface area contributed by atoms with E-state index in [2.05, 4.69) is 25.6 Å². The van der Waals surface area contributed by atoms with Crippen molar-refractivity contribution in [1.29, 1.82) is 0 Å². The summed E-state index contributed by atoms with van der Waals surface area (Å²) in [6.07, 6.45) is 4.63. The Kier molecular flexibility index (Phi) is 4.73. The summed E-state index contributed by atoms with van der Waals surface area (Å²) in [5.74, 6) is 0.605. The first-order chi connectivity index (χ1) is 13.2. The van der Waals surface area contributed by atoms with Crippen LogP contribution in [0.4, 0.5) is 15.9 Å². The minimum atomic E-state index is -0.374. The SMILES string of the molecule is O=C(Nc1cccc(F)c1)C1CCCN(c2ccc(-n3cncn3)nn2)C1. The maximum absolute atomic E-state index is 13.3. The molecule has 8 nitrogen and oxygen atoms in total. The van der Waals surface area contributed by atoms with Crippen molar-refractivity contribution >= 4 is 17.4 Å². The molecule has 9 heteroatoms. The number of rotatable bonds is 4. The third kappa shape index (κ3) is 3.91. The number of benzene rings is 1. The number of hydrogen-bond donors (Lipinski definition) is 1. The van der Waals surface area contributed by atoms with E-state index in [1.54, 1.807) is 18.5 Å². The topological polar surface area (TPSA) is 88.8 Å². The number of aromatic nitrogens is 5. The smallest absolute Gasteiger partial charge is 0.229 e. The van der Waals surface area contributed by atoms with Crippen LogP contribution in [0.15, 0.2) is 49.1 Å². The minimum absolute atomic E-state index is 0.113. The van der Waals surface area contributed by atoms with Gasteiger partial charge in [-0.05, 0) is 43.2 Å². The molecule has 1 fully saturated rings. The summed E-state index contributed by atoms with van der Waals surface area (Å²) in [6.45, 7) is 1.35. The van der Waals surface area contributed by atoms with E-state index in [9.17, 15) is 9.18 Å².